The standard InChI is InChI=1S/C14H28N2O2/c1-4-5-12(17)10-15-13(18)16-11-6-8-14(2,3)9-7-11/h11-12,17H,4-10H2,1-3H3,(H2,15,16,18). The van der Waals surface area contributed by atoms with E-state index in [0.717, 1.165) is 38.5 Å². The molecule has 0 aromatic carbocycles. The molecule has 1 rings (SSSR count). The van der Waals surface area contributed by atoms with Crippen LogP contribution in [-0.2, 0) is 0 Å². The first-order valence-electron chi connectivity index (χ1n) is 7.15. The van der Waals surface area contributed by atoms with E-state index >= 15 is 0 Å². The number of aliphatic hydroxyl groups is 1. The van der Waals surface area contributed by atoms with Crippen LogP contribution in [0.1, 0.15) is 59.3 Å². The summed E-state index contributed by atoms with van der Waals surface area (Å²) < 4.78 is 0. The Labute approximate surface area is 111 Å². The van der Waals surface area contributed by atoms with E-state index in [1.165, 1.54) is 0 Å². The van der Waals surface area contributed by atoms with Gasteiger partial charge in [-0.2, -0.15) is 0 Å². The summed E-state index contributed by atoms with van der Waals surface area (Å²) in [5, 5.41) is 15.3. The Morgan fingerprint density at radius 1 is 1.39 bits per heavy atom. The first kappa shape index (κ1) is 15.3. The molecule has 1 aliphatic rings. The molecule has 1 aliphatic carbocycles. The van der Waals surface area contributed by atoms with Crippen LogP contribution in [0.3, 0.4) is 0 Å². The molecule has 0 aliphatic heterocycles. The molecule has 0 aromatic rings. The lowest BCUT2D eigenvalue weighted by Crippen LogP contribution is -2.46. The molecular weight excluding hydrogens is 228 g/mol. The van der Waals surface area contributed by atoms with Gasteiger partial charge in [0, 0.05) is 12.6 Å². The van der Waals surface area contributed by atoms with Crippen LogP contribution in [0.2, 0.25) is 0 Å². The van der Waals surface area contributed by atoms with Gasteiger partial charge in [-0.25, -0.2) is 4.79 Å². The van der Waals surface area contributed by atoms with E-state index in [0.29, 0.717) is 18.0 Å². The van der Waals surface area contributed by atoms with E-state index in [1.54, 1.807) is 0 Å². The van der Waals surface area contributed by atoms with Gasteiger partial charge in [0.2, 0.25) is 0 Å². The summed E-state index contributed by atoms with van der Waals surface area (Å²) in [5.74, 6) is 0. The van der Waals surface area contributed by atoms with Gasteiger partial charge < -0.3 is 15.7 Å². The summed E-state index contributed by atoms with van der Waals surface area (Å²) in [6.07, 6.45) is 5.67. The second kappa shape index (κ2) is 6.98. The first-order valence-corrected chi connectivity index (χ1v) is 7.15. The third-order valence-corrected chi connectivity index (χ3v) is 3.79. The maximum absolute atomic E-state index is 11.6. The molecule has 0 bridgehead atoms. The highest BCUT2D eigenvalue weighted by molar-refractivity contribution is 5.74. The van der Waals surface area contributed by atoms with Gasteiger partial charge in [0.05, 0.1) is 6.10 Å². The predicted octanol–water partition coefficient (Wildman–Crippen LogP) is 2.42. The highest BCUT2D eigenvalue weighted by Crippen LogP contribution is 2.34. The van der Waals surface area contributed by atoms with Crippen molar-refractivity contribution in [3.05, 3.63) is 0 Å². The molecule has 4 heteroatoms. The third-order valence-electron chi connectivity index (χ3n) is 3.79. The highest BCUT2D eigenvalue weighted by atomic mass is 16.3. The van der Waals surface area contributed by atoms with Crippen LogP contribution >= 0.6 is 0 Å². The molecule has 1 fully saturated rings. The molecule has 2 amide bonds. The number of urea groups is 1. The van der Waals surface area contributed by atoms with Crippen LogP contribution in [0.15, 0.2) is 0 Å². The molecule has 0 radical (unpaired) electrons. The molecule has 1 atom stereocenters. The van der Waals surface area contributed by atoms with E-state index in [2.05, 4.69) is 24.5 Å². The summed E-state index contributed by atoms with van der Waals surface area (Å²) in [5.41, 5.74) is 0.423. The van der Waals surface area contributed by atoms with Crippen LogP contribution < -0.4 is 10.6 Å². The second-order valence-electron chi connectivity index (χ2n) is 6.24. The Kier molecular flexibility index (Phi) is 5.93. The number of carbonyl (C=O) groups is 1. The van der Waals surface area contributed by atoms with Gasteiger partial charge in [0.15, 0.2) is 0 Å². The Morgan fingerprint density at radius 2 is 2.00 bits per heavy atom. The topological polar surface area (TPSA) is 61.4 Å². The van der Waals surface area contributed by atoms with Crippen molar-refractivity contribution in [1.29, 1.82) is 0 Å². The van der Waals surface area contributed by atoms with Crippen molar-refractivity contribution in [2.45, 2.75) is 71.4 Å². The fourth-order valence-corrected chi connectivity index (χ4v) is 2.43. The molecule has 18 heavy (non-hydrogen) atoms. The number of aliphatic hydroxyl groups excluding tert-OH is 1. The van der Waals surface area contributed by atoms with Crippen molar-refractivity contribution in [2.24, 2.45) is 5.41 Å². The molecule has 0 saturated heterocycles. The summed E-state index contributed by atoms with van der Waals surface area (Å²) in [6.45, 7) is 6.93. The Morgan fingerprint density at radius 3 is 2.56 bits per heavy atom. The minimum absolute atomic E-state index is 0.144. The average molecular weight is 256 g/mol. The van der Waals surface area contributed by atoms with E-state index in [-0.39, 0.29) is 6.03 Å². The van der Waals surface area contributed by atoms with Gasteiger partial charge in [0.25, 0.3) is 0 Å². The first-order chi connectivity index (χ1) is 8.43. The molecule has 4 nitrogen and oxygen atoms in total. The highest BCUT2D eigenvalue weighted by Gasteiger charge is 2.27. The number of nitrogens with one attached hydrogen (secondary N) is 2. The van der Waals surface area contributed by atoms with E-state index in [9.17, 15) is 9.90 Å². The van der Waals surface area contributed by atoms with Crippen molar-refractivity contribution in [3.63, 3.8) is 0 Å². The van der Waals surface area contributed by atoms with Gasteiger partial charge in [-0.3, -0.25) is 0 Å². The maximum Gasteiger partial charge on any atom is 0.315 e. The average Bonchev–Trinajstić information content (AvgIpc) is 2.30. The monoisotopic (exact) mass is 256 g/mol. The Hall–Kier alpha value is -0.770. The van der Waals surface area contributed by atoms with E-state index < -0.39 is 6.10 Å². The smallest absolute Gasteiger partial charge is 0.315 e. The zero-order chi connectivity index (χ0) is 13.6. The van der Waals surface area contributed by atoms with Crippen LogP contribution in [-0.4, -0.2) is 29.8 Å². The zero-order valence-corrected chi connectivity index (χ0v) is 12.0. The summed E-state index contributed by atoms with van der Waals surface area (Å²) in [7, 11) is 0. The van der Waals surface area contributed by atoms with Crippen molar-refractivity contribution >= 4 is 6.03 Å². The number of rotatable bonds is 5. The van der Waals surface area contributed by atoms with Crippen molar-refractivity contribution in [2.75, 3.05) is 6.54 Å². The fourth-order valence-electron chi connectivity index (χ4n) is 2.43. The molecule has 0 heterocycles. The molecule has 1 unspecified atom stereocenters. The van der Waals surface area contributed by atoms with Gasteiger partial charge in [-0.1, -0.05) is 27.2 Å². The minimum atomic E-state index is -0.425. The van der Waals surface area contributed by atoms with Crippen LogP contribution in [0.4, 0.5) is 4.79 Å². The van der Waals surface area contributed by atoms with Gasteiger partial charge in [-0.15, -0.1) is 0 Å². The van der Waals surface area contributed by atoms with E-state index in [4.69, 9.17) is 0 Å². The Balaban J connectivity index is 2.17. The maximum atomic E-state index is 11.6. The zero-order valence-electron chi connectivity index (χ0n) is 12.0. The molecule has 0 spiro atoms. The Bertz CT molecular complexity index is 257. The van der Waals surface area contributed by atoms with Crippen LogP contribution in [0.5, 0.6) is 0 Å². The molecule has 1 saturated carbocycles. The van der Waals surface area contributed by atoms with Crippen molar-refractivity contribution in [3.8, 4) is 0 Å². The third kappa shape index (κ3) is 5.71. The largest absolute Gasteiger partial charge is 0.391 e. The molecule has 106 valence electrons. The number of amides is 2. The quantitative estimate of drug-likeness (QED) is 0.707. The number of hydrogen-bond acceptors (Lipinski definition) is 2. The van der Waals surface area contributed by atoms with E-state index in [1.807, 2.05) is 6.92 Å². The number of carbonyl (C=O) groups excluding carboxylic acids is 1. The summed E-state index contributed by atoms with van der Waals surface area (Å²) >= 11 is 0. The molecule has 3 N–H and O–H groups in total. The van der Waals surface area contributed by atoms with Crippen molar-refractivity contribution < 1.29 is 9.90 Å². The van der Waals surface area contributed by atoms with Crippen LogP contribution in [0.25, 0.3) is 0 Å². The summed E-state index contributed by atoms with van der Waals surface area (Å²) in [6, 6.07) is 0.149. The van der Waals surface area contributed by atoms with Crippen LogP contribution in [0, 0.1) is 5.41 Å². The SMILES string of the molecule is CCCC(O)CNC(=O)NC1CCC(C)(C)CC1. The second-order valence-corrected chi connectivity index (χ2v) is 6.24. The number of hydrogen-bond donors (Lipinski definition) is 3. The fraction of sp³-hybridized carbons (Fsp3) is 0.929. The molecule has 0 aromatic heterocycles. The summed E-state index contributed by atoms with van der Waals surface area (Å²) in [4.78, 5) is 11.6. The van der Waals surface area contributed by atoms with Gasteiger partial charge in [0.1, 0.15) is 0 Å². The lowest BCUT2D eigenvalue weighted by molar-refractivity contribution is 0.158. The normalized spacial score (nSPS) is 21.3. The van der Waals surface area contributed by atoms with Crippen molar-refractivity contribution in [1.82, 2.24) is 10.6 Å². The minimum Gasteiger partial charge on any atom is -0.391 e. The van der Waals surface area contributed by atoms with Gasteiger partial charge in [-0.05, 0) is 37.5 Å². The lowest BCUT2D eigenvalue weighted by Gasteiger charge is -2.34. The molecular formula is C14H28N2O2. The lowest BCUT2D eigenvalue weighted by atomic mass is 9.76. The van der Waals surface area contributed by atoms with Gasteiger partial charge >= 0.3 is 6.03 Å². The predicted molar refractivity (Wildman–Crippen MR) is 73.5 cm³/mol.